The van der Waals surface area contributed by atoms with Crippen LogP contribution in [0.5, 0.6) is 0 Å². The van der Waals surface area contributed by atoms with Crippen LogP contribution in [-0.2, 0) is 17.8 Å². The van der Waals surface area contributed by atoms with E-state index >= 15 is 0 Å². The van der Waals surface area contributed by atoms with E-state index in [0.717, 1.165) is 19.4 Å². The molecule has 0 bridgehead atoms. The van der Waals surface area contributed by atoms with Gasteiger partial charge in [-0.2, -0.15) is 0 Å². The van der Waals surface area contributed by atoms with Crippen LogP contribution < -0.4 is 0 Å². The summed E-state index contributed by atoms with van der Waals surface area (Å²) in [4.78, 5) is 17.5. The van der Waals surface area contributed by atoms with Crippen molar-refractivity contribution in [1.82, 2.24) is 25.1 Å². The summed E-state index contributed by atoms with van der Waals surface area (Å²) >= 11 is 4.89. The van der Waals surface area contributed by atoms with Crippen LogP contribution in [-0.4, -0.2) is 43.3 Å². The number of carbonyl (C=O) groups is 1. The first-order valence-corrected chi connectivity index (χ1v) is 11.3. The van der Waals surface area contributed by atoms with Crippen molar-refractivity contribution in [2.75, 3.05) is 12.3 Å². The lowest BCUT2D eigenvalue weighted by atomic mass is 9.98. The summed E-state index contributed by atoms with van der Waals surface area (Å²) in [6.45, 7) is 3.58. The Morgan fingerprint density at radius 2 is 2.27 bits per heavy atom. The third-order valence-corrected chi connectivity index (χ3v) is 7.31. The zero-order chi connectivity index (χ0) is 17.9. The van der Waals surface area contributed by atoms with Gasteiger partial charge in [0.05, 0.1) is 18.3 Å². The molecule has 1 aliphatic heterocycles. The topological polar surface area (TPSA) is 63.9 Å². The Bertz CT molecular complexity index is 873. The van der Waals surface area contributed by atoms with Gasteiger partial charge in [0.1, 0.15) is 0 Å². The monoisotopic (exact) mass is 405 g/mol. The molecule has 0 aliphatic carbocycles. The van der Waals surface area contributed by atoms with E-state index in [-0.39, 0.29) is 11.9 Å². The van der Waals surface area contributed by atoms with Crippen LogP contribution in [0.25, 0.3) is 0 Å². The number of hydrogen-bond acceptors (Lipinski definition) is 7. The molecular weight excluding hydrogens is 386 g/mol. The summed E-state index contributed by atoms with van der Waals surface area (Å²) in [7, 11) is 0. The average Bonchev–Trinajstić information content (AvgIpc) is 3.40. The smallest absolute Gasteiger partial charge is 0.233 e. The highest BCUT2D eigenvalue weighted by molar-refractivity contribution is 7.99. The minimum Gasteiger partial charge on any atom is -0.335 e. The van der Waals surface area contributed by atoms with Crippen LogP contribution in [0.2, 0.25) is 0 Å². The number of tetrazole rings is 1. The molecule has 6 nitrogen and oxygen atoms in total. The molecule has 26 heavy (non-hydrogen) atoms. The van der Waals surface area contributed by atoms with Gasteiger partial charge in [-0.3, -0.25) is 4.79 Å². The Kier molecular flexibility index (Phi) is 5.37. The zero-order valence-electron chi connectivity index (χ0n) is 14.4. The predicted octanol–water partition coefficient (Wildman–Crippen LogP) is 3.47. The van der Waals surface area contributed by atoms with Gasteiger partial charge < -0.3 is 4.90 Å². The maximum atomic E-state index is 12.9. The fraction of sp³-hybridized carbons (Fsp3) is 0.412. The Hall–Kier alpha value is -1.71. The van der Waals surface area contributed by atoms with Crippen LogP contribution in [0.3, 0.4) is 0 Å². The number of hydrogen-bond donors (Lipinski definition) is 0. The van der Waals surface area contributed by atoms with Gasteiger partial charge in [-0.1, -0.05) is 24.8 Å². The quantitative estimate of drug-likeness (QED) is 0.588. The van der Waals surface area contributed by atoms with Crippen LogP contribution in [0.1, 0.15) is 34.7 Å². The van der Waals surface area contributed by atoms with E-state index in [2.05, 4.69) is 40.0 Å². The number of aromatic nitrogens is 4. The molecule has 0 fully saturated rings. The first-order chi connectivity index (χ1) is 12.8. The van der Waals surface area contributed by atoms with Crippen LogP contribution in [0, 0.1) is 0 Å². The number of thioether (sulfide) groups is 1. The highest BCUT2D eigenvalue weighted by Gasteiger charge is 2.30. The molecule has 0 radical (unpaired) electrons. The van der Waals surface area contributed by atoms with E-state index in [0.29, 0.717) is 17.5 Å². The lowest BCUT2D eigenvalue weighted by Crippen LogP contribution is -2.40. The van der Waals surface area contributed by atoms with E-state index in [1.54, 1.807) is 27.4 Å². The first kappa shape index (κ1) is 17.7. The van der Waals surface area contributed by atoms with Gasteiger partial charge in [0.15, 0.2) is 0 Å². The fourth-order valence-corrected chi connectivity index (χ4v) is 5.67. The van der Waals surface area contributed by atoms with Gasteiger partial charge in [0.25, 0.3) is 0 Å². The maximum absolute atomic E-state index is 12.9. The predicted molar refractivity (Wildman–Crippen MR) is 105 cm³/mol. The summed E-state index contributed by atoms with van der Waals surface area (Å²) in [6.07, 6.45) is 1.90. The van der Waals surface area contributed by atoms with Gasteiger partial charge in [-0.25, -0.2) is 4.68 Å². The zero-order valence-corrected chi connectivity index (χ0v) is 16.8. The van der Waals surface area contributed by atoms with Crippen molar-refractivity contribution in [3.05, 3.63) is 44.3 Å². The fourth-order valence-electron chi connectivity index (χ4n) is 3.29. The normalized spacial score (nSPS) is 16.7. The van der Waals surface area contributed by atoms with E-state index < -0.39 is 0 Å². The van der Waals surface area contributed by atoms with Gasteiger partial charge in [0, 0.05) is 16.3 Å². The van der Waals surface area contributed by atoms with E-state index in [9.17, 15) is 4.79 Å². The number of thiophene rings is 2. The number of nitrogens with zero attached hydrogens (tertiary/aromatic N) is 5. The van der Waals surface area contributed by atoms with Crippen molar-refractivity contribution in [2.24, 2.45) is 0 Å². The summed E-state index contributed by atoms with van der Waals surface area (Å²) < 4.78 is 1.76. The second-order valence-electron chi connectivity index (χ2n) is 6.05. The van der Waals surface area contributed by atoms with Gasteiger partial charge in [-0.15, -0.1) is 27.8 Å². The molecule has 1 unspecified atom stereocenters. The highest BCUT2D eigenvalue weighted by atomic mass is 32.2. The Balaban J connectivity index is 1.41. The molecule has 1 amide bonds. The largest absolute Gasteiger partial charge is 0.335 e. The first-order valence-electron chi connectivity index (χ1n) is 8.53. The molecule has 1 aliphatic rings. The van der Waals surface area contributed by atoms with Gasteiger partial charge >= 0.3 is 0 Å². The van der Waals surface area contributed by atoms with E-state index in [4.69, 9.17) is 0 Å². The maximum Gasteiger partial charge on any atom is 0.233 e. The van der Waals surface area contributed by atoms with Crippen LogP contribution in [0.4, 0.5) is 0 Å². The van der Waals surface area contributed by atoms with Gasteiger partial charge in [0.2, 0.25) is 11.1 Å². The molecule has 136 valence electrons. The summed E-state index contributed by atoms with van der Waals surface area (Å²) in [5, 5.41) is 16.8. The minimum absolute atomic E-state index is 0.157. The standard InChI is InChI=1S/C17H19N5OS3/c1-2-14-13-6-9-25-15(13)5-7-21(14)16(23)11-26-17-18-19-20-22(17)10-12-4-3-8-24-12/h3-4,6,8-9,14H,2,5,7,10-11H2,1H3. The number of amides is 1. The van der Waals surface area contributed by atoms with Crippen molar-refractivity contribution in [3.8, 4) is 0 Å². The summed E-state index contributed by atoms with van der Waals surface area (Å²) in [5.41, 5.74) is 1.32. The second kappa shape index (κ2) is 7.89. The molecule has 0 saturated carbocycles. The number of rotatable bonds is 6. The van der Waals surface area contributed by atoms with Crippen LogP contribution >= 0.6 is 34.4 Å². The lowest BCUT2D eigenvalue weighted by molar-refractivity contribution is -0.131. The summed E-state index contributed by atoms with van der Waals surface area (Å²) in [5.74, 6) is 0.519. The summed E-state index contributed by atoms with van der Waals surface area (Å²) in [6, 6.07) is 6.44. The van der Waals surface area contributed by atoms with Crippen molar-refractivity contribution in [3.63, 3.8) is 0 Å². The molecule has 3 aromatic rings. The van der Waals surface area contributed by atoms with Crippen molar-refractivity contribution >= 4 is 40.3 Å². The Morgan fingerprint density at radius 3 is 3.08 bits per heavy atom. The number of carbonyl (C=O) groups excluding carboxylic acids is 1. The minimum atomic E-state index is 0.157. The van der Waals surface area contributed by atoms with Crippen molar-refractivity contribution in [1.29, 1.82) is 0 Å². The molecule has 9 heteroatoms. The number of fused-ring (bicyclic) bond motifs is 1. The van der Waals surface area contributed by atoms with Crippen LogP contribution in [0.15, 0.2) is 34.1 Å². The average molecular weight is 406 g/mol. The second-order valence-corrected chi connectivity index (χ2v) is 9.02. The third-order valence-electron chi connectivity index (χ3n) is 4.51. The van der Waals surface area contributed by atoms with Crippen molar-refractivity contribution < 1.29 is 4.79 Å². The Morgan fingerprint density at radius 1 is 1.35 bits per heavy atom. The molecule has 0 saturated heterocycles. The molecule has 0 spiro atoms. The SMILES string of the molecule is CCC1c2ccsc2CCN1C(=O)CSc1nnnn1Cc1cccs1. The molecule has 4 rings (SSSR count). The molecule has 0 N–H and O–H groups in total. The Labute approximate surface area is 164 Å². The molecule has 3 aromatic heterocycles. The molecular formula is C17H19N5OS3. The van der Waals surface area contributed by atoms with Crippen molar-refractivity contribution in [2.45, 2.75) is 37.5 Å². The molecule has 4 heterocycles. The van der Waals surface area contributed by atoms with E-state index in [1.807, 2.05) is 16.3 Å². The van der Waals surface area contributed by atoms with E-state index in [1.165, 1.54) is 27.1 Å². The molecule has 1 atom stereocenters. The van der Waals surface area contributed by atoms with Gasteiger partial charge in [-0.05, 0) is 51.7 Å². The highest BCUT2D eigenvalue weighted by Crippen LogP contribution is 2.35. The molecule has 0 aromatic carbocycles. The lowest BCUT2D eigenvalue weighted by Gasteiger charge is -2.35. The third kappa shape index (κ3) is 3.56.